The topological polar surface area (TPSA) is 9.23 Å². The summed E-state index contributed by atoms with van der Waals surface area (Å²) in [6.45, 7) is 4.90. The van der Waals surface area contributed by atoms with Gasteiger partial charge in [-0.05, 0) is 34.0 Å². The van der Waals surface area contributed by atoms with Crippen molar-refractivity contribution < 1.29 is 9.13 Å². The van der Waals surface area contributed by atoms with Gasteiger partial charge in [-0.15, -0.1) is 0 Å². The molecule has 1 aromatic carbocycles. The largest absolute Gasteiger partial charge is 0.493 e. The van der Waals surface area contributed by atoms with Gasteiger partial charge in [0.05, 0.1) is 11.1 Å². The minimum atomic E-state index is -0.294. The summed E-state index contributed by atoms with van der Waals surface area (Å²) in [5.41, 5.74) is 0. The number of halogens is 3. The average molecular weight is 354 g/mol. The lowest BCUT2D eigenvalue weighted by atomic mass is 9.99. The van der Waals surface area contributed by atoms with E-state index < -0.39 is 0 Å². The van der Waals surface area contributed by atoms with Crippen LogP contribution in [0.3, 0.4) is 0 Å². The highest BCUT2D eigenvalue weighted by Crippen LogP contribution is 2.22. The molecule has 1 atom stereocenters. The fourth-order valence-electron chi connectivity index (χ4n) is 1.19. The van der Waals surface area contributed by atoms with Crippen molar-refractivity contribution in [1.29, 1.82) is 0 Å². The zero-order valence-electron chi connectivity index (χ0n) is 9.34. The van der Waals surface area contributed by atoms with Crippen LogP contribution in [0.15, 0.2) is 22.7 Å². The minimum Gasteiger partial charge on any atom is -0.493 e. The van der Waals surface area contributed by atoms with Crippen molar-refractivity contribution in [2.45, 2.75) is 13.8 Å². The van der Waals surface area contributed by atoms with E-state index in [1.807, 2.05) is 0 Å². The Hall–Kier alpha value is -0.0900. The molecule has 0 heterocycles. The third kappa shape index (κ3) is 4.06. The number of hydrogen-bond donors (Lipinski definition) is 0. The molecule has 4 heteroatoms. The quantitative estimate of drug-likeness (QED) is 0.701. The fourth-order valence-corrected chi connectivity index (χ4v) is 2.37. The Balaban J connectivity index is 2.57. The maximum absolute atomic E-state index is 13.2. The van der Waals surface area contributed by atoms with Crippen LogP contribution < -0.4 is 4.74 Å². The van der Waals surface area contributed by atoms with E-state index in [1.54, 1.807) is 12.1 Å². The van der Waals surface area contributed by atoms with Crippen molar-refractivity contribution in [2.24, 2.45) is 11.8 Å². The summed E-state index contributed by atoms with van der Waals surface area (Å²) in [6.07, 6.45) is 0. The van der Waals surface area contributed by atoms with Gasteiger partial charge in [-0.25, -0.2) is 4.39 Å². The van der Waals surface area contributed by atoms with Crippen LogP contribution in [-0.2, 0) is 0 Å². The fraction of sp³-hybridized carbons (Fsp3) is 0.500. The second kappa shape index (κ2) is 6.60. The van der Waals surface area contributed by atoms with Gasteiger partial charge in [-0.3, -0.25) is 0 Å². The van der Waals surface area contributed by atoms with Crippen LogP contribution in [0, 0.1) is 17.7 Å². The van der Waals surface area contributed by atoms with Gasteiger partial charge in [-0.2, -0.15) is 0 Å². The summed E-state index contributed by atoms with van der Waals surface area (Å²) >= 11 is 6.56. The van der Waals surface area contributed by atoms with E-state index in [0.717, 1.165) is 5.33 Å². The van der Waals surface area contributed by atoms with Crippen LogP contribution in [-0.4, -0.2) is 11.9 Å². The lowest BCUT2D eigenvalue weighted by Crippen LogP contribution is -2.19. The highest BCUT2D eigenvalue weighted by atomic mass is 79.9. The van der Waals surface area contributed by atoms with Gasteiger partial charge in [0.1, 0.15) is 11.6 Å². The summed E-state index contributed by atoms with van der Waals surface area (Å²) in [5.74, 6) is 1.26. The SMILES string of the molecule is CC(C)C(CBr)COc1ccc(Br)c(F)c1. The van der Waals surface area contributed by atoms with Gasteiger partial charge >= 0.3 is 0 Å². The molecule has 1 nitrogen and oxygen atoms in total. The Labute approximate surface area is 113 Å². The monoisotopic (exact) mass is 352 g/mol. The van der Waals surface area contributed by atoms with Crippen molar-refractivity contribution >= 4 is 31.9 Å². The molecule has 0 aliphatic carbocycles. The summed E-state index contributed by atoms with van der Waals surface area (Å²) in [5, 5.41) is 0.893. The molecule has 0 aromatic heterocycles. The first-order chi connectivity index (χ1) is 7.54. The molecule has 1 rings (SSSR count). The van der Waals surface area contributed by atoms with Crippen LogP contribution in [0.1, 0.15) is 13.8 Å². The van der Waals surface area contributed by atoms with Gasteiger partial charge in [0.25, 0.3) is 0 Å². The molecule has 1 aromatic rings. The third-order valence-electron chi connectivity index (χ3n) is 2.50. The summed E-state index contributed by atoms with van der Waals surface area (Å²) in [6, 6.07) is 4.82. The smallest absolute Gasteiger partial charge is 0.141 e. The van der Waals surface area contributed by atoms with Crippen molar-refractivity contribution in [3.63, 3.8) is 0 Å². The van der Waals surface area contributed by atoms with Gasteiger partial charge in [-0.1, -0.05) is 29.8 Å². The van der Waals surface area contributed by atoms with E-state index >= 15 is 0 Å². The third-order valence-corrected chi connectivity index (χ3v) is 3.97. The molecule has 0 saturated heterocycles. The molecule has 1 unspecified atom stereocenters. The molecule has 90 valence electrons. The second-order valence-corrected chi connectivity index (χ2v) is 5.55. The van der Waals surface area contributed by atoms with E-state index in [-0.39, 0.29) is 5.82 Å². The Morgan fingerprint density at radius 3 is 2.56 bits per heavy atom. The Bertz CT molecular complexity index is 342. The second-order valence-electron chi connectivity index (χ2n) is 4.05. The maximum atomic E-state index is 13.2. The van der Waals surface area contributed by atoms with Crippen LogP contribution >= 0.6 is 31.9 Å². The van der Waals surface area contributed by atoms with Gasteiger partial charge in [0, 0.05) is 17.3 Å². The number of benzene rings is 1. The first-order valence-electron chi connectivity index (χ1n) is 5.18. The molecule has 0 fully saturated rings. The average Bonchev–Trinajstić information content (AvgIpc) is 2.23. The molecule has 0 saturated carbocycles. The van der Waals surface area contributed by atoms with Gasteiger partial charge in [0.2, 0.25) is 0 Å². The zero-order chi connectivity index (χ0) is 12.1. The number of rotatable bonds is 5. The molecule has 0 N–H and O–H groups in total. The summed E-state index contributed by atoms with van der Waals surface area (Å²) in [7, 11) is 0. The number of alkyl halides is 1. The van der Waals surface area contributed by atoms with Crippen LogP contribution in [0.25, 0.3) is 0 Å². The highest BCUT2D eigenvalue weighted by molar-refractivity contribution is 9.10. The first kappa shape index (κ1) is 14.0. The molecular weight excluding hydrogens is 339 g/mol. The Kier molecular flexibility index (Phi) is 5.76. The molecule has 0 bridgehead atoms. The van der Waals surface area contributed by atoms with Crippen molar-refractivity contribution in [3.8, 4) is 5.75 Å². The zero-order valence-corrected chi connectivity index (χ0v) is 12.5. The molecule has 0 aliphatic rings. The highest BCUT2D eigenvalue weighted by Gasteiger charge is 2.13. The number of hydrogen-bond acceptors (Lipinski definition) is 1. The first-order valence-corrected chi connectivity index (χ1v) is 7.10. The minimum absolute atomic E-state index is 0.294. The van der Waals surface area contributed by atoms with Gasteiger partial charge < -0.3 is 4.74 Å². The van der Waals surface area contributed by atoms with Crippen molar-refractivity contribution in [3.05, 3.63) is 28.5 Å². The van der Waals surface area contributed by atoms with E-state index in [2.05, 4.69) is 45.7 Å². The molecule has 0 spiro atoms. The molecule has 16 heavy (non-hydrogen) atoms. The lowest BCUT2D eigenvalue weighted by Gasteiger charge is -2.18. The predicted octanol–water partition coefficient (Wildman–Crippen LogP) is 4.63. The Morgan fingerprint density at radius 1 is 1.38 bits per heavy atom. The summed E-state index contributed by atoms with van der Waals surface area (Å²) in [4.78, 5) is 0. The van der Waals surface area contributed by atoms with Crippen LogP contribution in [0.4, 0.5) is 4.39 Å². The van der Waals surface area contributed by atoms with Crippen molar-refractivity contribution in [1.82, 2.24) is 0 Å². The van der Waals surface area contributed by atoms with Gasteiger partial charge in [0.15, 0.2) is 0 Å². The number of ether oxygens (including phenoxy) is 1. The van der Waals surface area contributed by atoms with Crippen LogP contribution in [0.2, 0.25) is 0 Å². The van der Waals surface area contributed by atoms with E-state index in [0.29, 0.717) is 28.7 Å². The van der Waals surface area contributed by atoms with E-state index in [4.69, 9.17) is 4.74 Å². The molecule has 0 amide bonds. The molecule has 0 radical (unpaired) electrons. The van der Waals surface area contributed by atoms with Crippen molar-refractivity contribution in [2.75, 3.05) is 11.9 Å². The van der Waals surface area contributed by atoms with Crippen LogP contribution in [0.5, 0.6) is 5.75 Å². The standard InChI is InChI=1S/C12H15Br2FO/c1-8(2)9(6-13)7-16-10-3-4-11(14)12(15)5-10/h3-5,8-9H,6-7H2,1-2H3. The maximum Gasteiger partial charge on any atom is 0.141 e. The molecule has 0 aliphatic heterocycles. The summed E-state index contributed by atoms with van der Waals surface area (Å²) < 4.78 is 19.2. The van der Waals surface area contributed by atoms with E-state index in [9.17, 15) is 4.39 Å². The predicted molar refractivity (Wildman–Crippen MR) is 71.7 cm³/mol. The normalized spacial score (nSPS) is 12.9. The molecular formula is C12H15Br2FO. The lowest BCUT2D eigenvalue weighted by molar-refractivity contribution is 0.227. The van der Waals surface area contributed by atoms with E-state index in [1.165, 1.54) is 6.07 Å². The Morgan fingerprint density at radius 2 is 2.06 bits per heavy atom.